The van der Waals surface area contributed by atoms with Crippen LogP contribution in [0, 0.1) is 11.3 Å². The third-order valence-corrected chi connectivity index (χ3v) is 2.70. The predicted molar refractivity (Wildman–Crippen MR) is 72.1 cm³/mol. The van der Waals surface area contributed by atoms with E-state index in [1.165, 1.54) is 0 Å². The van der Waals surface area contributed by atoms with Gasteiger partial charge in [0.05, 0.1) is 18.4 Å². The molecule has 1 heterocycles. The minimum absolute atomic E-state index is 0.166. The lowest BCUT2D eigenvalue weighted by atomic mass is 10.0. The van der Waals surface area contributed by atoms with Crippen molar-refractivity contribution < 1.29 is 9.47 Å². The Morgan fingerprint density at radius 3 is 2.42 bits per heavy atom. The van der Waals surface area contributed by atoms with Gasteiger partial charge >= 0.3 is 0 Å². The lowest BCUT2D eigenvalue weighted by Crippen LogP contribution is -2.14. The molecule has 0 saturated heterocycles. The van der Waals surface area contributed by atoms with Crippen molar-refractivity contribution in [1.82, 2.24) is 10.2 Å². The van der Waals surface area contributed by atoms with Gasteiger partial charge in [-0.2, -0.15) is 10.4 Å². The normalized spacial score (nSPS) is 10.5. The molecule has 0 unspecified atom stereocenters. The quantitative estimate of drug-likeness (QED) is 0.706. The number of ether oxygens (including phenoxy) is 2. The summed E-state index contributed by atoms with van der Waals surface area (Å²) < 4.78 is 10.9. The second-order valence-electron chi connectivity index (χ2n) is 4.39. The van der Waals surface area contributed by atoms with Crippen molar-refractivity contribution in [2.24, 2.45) is 0 Å². The van der Waals surface area contributed by atoms with E-state index in [9.17, 15) is 5.26 Å². The molecular formula is C14H21N3O2. The Labute approximate surface area is 114 Å². The molecule has 0 radical (unpaired) electrons. The van der Waals surface area contributed by atoms with Crippen LogP contribution in [-0.4, -0.2) is 29.5 Å². The number of aromatic nitrogens is 2. The molecule has 0 N–H and O–H groups in total. The van der Waals surface area contributed by atoms with Crippen LogP contribution in [0.15, 0.2) is 0 Å². The summed E-state index contributed by atoms with van der Waals surface area (Å²) in [5.74, 6) is 0.309. The van der Waals surface area contributed by atoms with Crippen molar-refractivity contribution in [2.75, 3.05) is 13.2 Å². The van der Waals surface area contributed by atoms with Gasteiger partial charge in [0.25, 0.3) is 5.88 Å². The van der Waals surface area contributed by atoms with Gasteiger partial charge in [-0.3, -0.25) is 0 Å². The first-order valence-corrected chi connectivity index (χ1v) is 6.66. The first kappa shape index (κ1) is 15.4. The Hall–Kier alpha value is -1.67. The van der Waals surface area contributed by atoms with Crippen LogP contribution < -0.4 is 4.74 Å². The zero-order valence-corrected chi connectivity index (χ0v) is 12.1. The van der Waals surface area contributed by atoms with Gasteiger partial charge in [0.1, 0.15) is 18.2 Å². The SMILES string of the molecule is CCc1nnc(OCCOC(C)C)c(C#N)c1CC. The second-order valence-corrected chi connectivity index (χ2v) is 4.39. The van der Waals surface area contributed by atoms with Gasteiger partial charge in [-0.15, -0.1) is 5.10 Å². The summed E-state index contributed by atoms with van der Waals surface area (Å²) >= 11 is 0. The van der Waals surface area contributed by atoms with Crippen LogP contribution in [0.25, 0.3) is 0 Å². The summed E-state index contributed by atoms with van der Waals surface area (Å²) in [6.07, 6.45) is 1.68. The van der Waals surface area contributed by atoms with Gasteiger partial charge in [0, 0.05) is 0 Å². The third kappa shape index (κ3) is 4.18. The highest BCUT2D eigenvalue weighted by Gasteiger charge is 2.15. The first-order chi connectivity index (χ1) is 9.13. The van der Waals surface area contributed by atoms with E-state index in [2.05, 4.69) is 16.3 Å². The molecule has 0 fully saturated rings. The number of nitriles is 1. The standard InChI is InChI=1S/C14H21N3O2/c1-5-11-12(9-15)14(17-16-13(11)6-2)19-8-7-18-10(3)4/h10H,5-8H2,1-4H3. The van der Waals surface area contributed by atoms with E-state index in [1.54, 1.807) is 0 Å². The zero-order valence-electron chi connectivity index (χ0n) is 12.1. The van der Waals surface area contributed by atoms with Crippen molar-refractivity contribution in [1.29, 1.82) is 5.26 Å². The average molecular weight is 263 g/mol. The van der Waals surface area contributed by atoms with Gasteiger partial charge in [-0.25, -0.2) is 0 Å². The predicted octanol–water partition coefficient (Wildman–Crippen LogP) is 2.28. The molecule has 0 aliphatic carbocycles. The Kier molecular flexibility index (Phi) is 6.23. The third-order valence-electron chi connectivity index (χ3n) is 2.70. The molecule has 0 aliphatic heterocycles. The molecule has 5 nitrogen and oxygen atoms in total. The van der Waals surface area contributed by atoms with Gasteiger partial charge in [-0.05, 0) is 32.3 Å². The number of aryl methyl sites for hydroxylation is 1. The molecule has 104 valence electrons. The van der Waals surface area contributed by atoms with E-state index in [4.69, 9.17) is 9.47 Å². The molecule has 0 atom stereocenters. The van der Waals surface area contributed by atoms with Crippen LogP contribution in [0.2, 0.25) is 0 Å². The highest BCUT2D eigenvalue weighted by molar-refractivity contribution is 5.46. The first-order valence-electron chi connectivity index (χ1n) is 6.66. The van der Waals surface area contributed by atoms with Gasteiger partial charge in [0.2, 0.25) is 0 Å². The second kappa shape index (κ2) is 7.70. The van der Waals surface area contributed by atoms with Crippen molar-refractivity contribution >= 4 is 0 Å². The van der Waals surface area contributed by atoms with Crippen molar-refractivity contribution in [3.63, 3.8) is 0 Å². The highest BCUT2D eigenvalue weighted by atomic mass is 16.5. The number of rotatable bonds is 7. The van der Waals surface area contributed by atoms with Crippen LogP contribution in [-0.2, 0) is 17.6 Å². The maximum Gasteiger partial charge on any atom is 0.251 e. The zero-order chi connectivity index (χ0) is 14.3. The Morgan fingerprint density at radius 2 is 1.89 bits per heavy atom. The van der Waals surface area contributed by atoms with Crippen LogP contribution >= 0.6 is 0 Å². The monoisotopic (exact) mass is 263 g/mol. The number of nitrogens with zero attached hydrogens (tertiary/aromatic N) is 3. The van der Waals surface area contributed by atoms with E-state index < -0.39 is 0 Å². The topological polar surface area (TPSA) is 68.0 Å². The smallest absolute Gasteiger partial charge is 0.251 e. The molecule has 19 heavy (non-hydrogen) atoms. The summed E-state index contributed by atoms with van der Waals surface area (Å²) in [4.78, 5) is 0. The van der Waals surface area contributed by atoms with E-state index in [1.807, 2.05) is 27.7 Å². The molecular weight excluding hydrogens is 242 g/mol. The Balaban J connectivity index is 2.81. The molecule has 0 aliphatic rings. The van der Waals surface area contributed by atoms with E-state index in [0.717, 1.165) is 24.1 Å². The maximum atomic E-state index is 9.27. The van der Waals surface area contributed by atoms with Crippen molar-refractivity contribution in [3.05, 3.63) is 16.8 Å². The fourth-order valence-corrected chi connectivity index (χ4v) is 1.79. The fourth-order valence-electron chi connectivity index (χ4n) is 1.79. The molecule has 1 aromatic heterocycles. The fraction of sp³-hybridized carbons (Fsp3) is 0.643. The number of hydrogen-bond acceptors (Lipinski definition) is 5. The van der Waals surface area contributed by atoms with E-state index in [-0.39, 0.29) is 6.10 Å². The van der Waals surface area contributed by atoms with Crippen LogP contribution in [0.3, 0.4) is 0 Å². The summed E-state index contributed by atoms with van der Waals surface area (Å²) in [6, 6.07) is 2.17. The van der Waals surface area contributed by atoms with Crippen LogP contribution in [0.5, 0.6) is 5.88 Å². The largest absolute Gasteiger partial charge is 0.473 e. The minimum atomic E-state index is 0.166. The van der Waals surface area contributed by atoms with Crippen molar-refractivity contribution in [2.45, 2.75) is 46.6 Å². The van der Waals surface area contributed by atoms with Crippen LogP contribution in [0.1, 0.15) is 44.5 Å². The summed E-state index contributed by atoms with van der Waals surface area (Å²) in [6.45, 7) is 8.78. The molecule has 0 spiro atoms. The maximum absolute atomic E-state index is 9.27. The molecule has 0 amide bonds. The van der Waals surface area contributed by atoms with Gasteiger partial charge in [-0.1, -0.05) is 13.8 Å². The minimum Gasteiger partial charge on any atom is -0.473 e. The lowest BCUT2D eigenvalue weighted by molar-refractivity contribution is 0.0539. The van der Waals surface area contributed by atoms with E-state index in [0.29, 0.717) is 24.7 Å². The summed E-state index contributed by atoms with van der Waals surface area (Å²) in [5.41, 5.74) is 2.29. The van der Waals surface area contributed by atoms with Gasteiger partial charge in [0.15, 0.2) is 0 Å². The lowest BCUT2D eigenvalue weighted by Gasteiger charge is -2.12. The molecule has 1 aromatic rings. The average Bonchev–Trinajstić information content (AvgIpc) is 2.42. The van der Waals surface area contributed by atoms with Gasteiger partial charge < -0.3 is 9.47 Å². The van der Waals surface area contributed by atoms with E-state index >= 15 is 0 Å². The number of hydrogen-bond donors (Lipinski definition) is 0. The molecule has 0 aromatic carbocycles. The molecule has 5 heteroatoms. The molecule has 0 bridgehead atoms. The summed E-state index contributed by atoms with van der Waals surface area (Å²) in [7, 11) is 0. The van der Waals surface area contributed by atoms with Crippen LogP contribution in [0.4, 0.5) is 0 Å². The summed E-state index contributed by atoms with van der Waals surface area (Å²) in [5, 5.41) is 17.4. The molecule has 1 rings (SSSR count). The van der Waals surface area contributed by atoms with Crippen molar-refractivity contribution in [3.8, 4) is 11.9 Å². The molecule has 0 saturated carbocycles. The Bertz CT molecular complexity index is 453. The highest BCUT2D eigenvalue weighted by Crippen LogP contribution is 2.21. The Morgan fingerprint density at radius 1 is 1.16 bits per heavy atom.